The van der Waals surface area contributed by atoms with E-state index in [4.69, 9.17) is 0 Å². The SMILES string of the molecule is CCCCN(CCCC)C(=O)C1CCCCC1C(=O)O. The maximum absolute atomic E-state index is 12.7. The quantitative estimate of drug-likeness (QED) is 0.743. The zero-order valence-corrected chi connectivity index (χ0v) is 12.9. The number of unbranched alkanes of at least 4 members (excludes halogenated alkanes) is 2. The highest BCUT2D eigenvalue weighted by molar-refractivity contribution is 5.85. The molecular weight excluding hydrogens is 254 g/mol. The first-order valence-electron chi connectivity index (χ1n) is 8.13. The van der Waals surface area contributed by atoms with E-state index in [1.807, 2.05) is 4.90 Å². The molecule has 0 aromatic carbocycles. The van der Waals surface area contributed by atoms with Crippen LogP contribution >= 0.6 is 0 Å². The molecule has 4 heteroatoms. The van der Waals surface area contributed by atoms with Crippen molar-refractivity contribution in [2.75, 3.05) is 13.1 Å². The number of amides is 1. The van der Waals surface area contributed by atoms with Gasteiger partial charge in [-0.3, -0.25) is 9.59 Å². The lowest BCUT2D eigenvalue weighted by atomic mass is 9.78. The summed E-state index contributed by atoms with van der Waals surface area (Å²) in [4.78, 5) is 26.0. The van der Waals surface area contributed by atoms with Crippen molar-refractivity contribution < 1.29 is 14.7 Å². The molecule has 0 aromatic rings. The Morgan fingerprint density at radius 1 is 1.00 bits per heavy atom. The Morgan fingerprint density at radius 2 is 1.50 bits per heavy atom. The van der Waals surface area contributed by atoms with Crippen LogP contribution in [0.1, 0.15) is 65.2 Å². The molecule has 4 nitrogen and oxygen atoms in total. The second-order valence-corrected chi connectivity index (χ2v) is 5.87. The van der Waals surface area contributed by atoms with E-state index < -0.39 is 11.9 Å². The Bertz CT molecular complexity index is 309. The summed E-state index contributed by atoms with van der Waals surface area (Å²) in [6, 6.07) is 0. The van der Waals surface area contributed by atoms with E-state index in [0.29, 0.717) is 6.42 Å². The summed E-state index contributed by atoms with van der Waals surface area (Å²) in [6.45, 7) is 5.78. The lowest BCUT2D eigenvalue weighted by Crippen LogP contribution is -2.43. The van der Waals surface area contributed by atoms with E-state index in [1.54, 1.807) is 0 Å². The summed E-state index contributed by atoms with van der Waals surface area (Å²) in [6.07, 6.45) is 7.43. The lowest BCUT2D eigenvalue weighted by Gasteiger charge is -2.33. The van der Waals surface area contributed by atoms with E-state index >= 15 is 0 Å². The van der Waals surface area contributed by atoms with Crippen LogP contribution < -0.4 is 0 Å². The summed E-state index contributed by atoms with van der Waals surface area (Å²) in [5.41, 5.74) is 0. The van der Waals surface area contributed by atoms with Gasteiger partial charge in [0.15, 0.2) is 0 Å². The lowest BCUT2D eigenvalue weighted by molar-refractivity contribution is -0.152. The molecule has 1 rings (SSSR count). The Balaban J connectivity index is 2.71. The Labute approximate surface area is 122 Å². The van der Waals surface area contributed by atoms with Gasteiger partial charge in [-0.05, 0) is 25.7 Å². The average molecular weight is 283 g/mol. The van der Waals surface area contributed by atoms with Gasteiger partial charge in [0.25, 0.3) is 0 Å². The minimum absolute atomic E-state index is 0.0824. The van der Waals surface area contributed by atoms with Crippen molar-refractivity contribution in [1.82, 2.24) is 4.90 Å². The van der Waals surface area contributed by atoms with Crippen molar-refractivity contribution in [2.24, 2.45) is 11.8 Å². The third-order valence-electron chi connectivity index (χ3n) is 4.28. The number of hydrogen-bond acceptors (Lipinski definition) is 2. The minimum atomic E-state index is -0.797. The van der Waals surface area contributed by atoms with Gasteiger partial charge in [-0.2, -0.15) is 0 Å². The van der Waals surface area contributed by atoms with Crippen LogP contribution in [0.2, 0.25) is 0 Å². The number of carboxylic acids is 1. The van der Waals surface area contributed by atoms with Crippen LogP contribution in [0.15, 0.2) is 0 Å². The monoisotopic (exact) mass is 283 g/mol. The van der Waals surface area contributed by atoms with E-state index in [-0.39, 0.29) is 11.8 Å². The van der Waals surface area contributed by atoms with Crippen LogP contribution in [0.5, 0.6) is 0 Å². The maximum Gasteiger partial charge on any atom is 0.307 e. The van der Waals surface area contributed by atoms with Crippen LogP contribution in [0.3, 0.4) is 0 Å². The summed E-state index contributed by atoms with van der Waals surface area (Å²) in [7, 11) is 0. The summed E-state index contributed by atoms with van der Waals surface area (Å²) in [5, 5.41) is 9.32. The van der Waals surface area contributed by atoms with Crippen LogP contribution in [-0.2, 0) is 9.59 Å². The zero-order chi connectivity index (χ0) is 15.0. The highest BCUT2D eigenvalue weighted by Crippen LogP contribution is 2.32. The molecule has 0 bridgehead atoms. The van der Waals surface area contributed by atoms with E-state index in [9.17, 15) is 14.7 Å². The smallest absolute Gasteiger partial charge is 0.307 e. The summed E-state index contributed by atoms with van der Waals surface area (Å²) >= 11 is 0. The number of nitrogens with zero attached hydrogens (tertiary/aromatic N) is 1. The molecule has 1 amide bonds. The molecule has 1 aliphatic carbocycles. The van der Waals surface area contributed by atoms with Gasteiger partial charge in [0, 0.05) is 13.1 Å². The van der Waals surface area contributed by atoms with Gasteiger partial charge in [-0.15, -0.1) is 0 Å². The zero-order valence-electron chi connectivity index (χ0n) is 12.9. The Morgan fingerprint density at radius 3 is 1.95 bits per heavy atom. The molecule has 0 heterocycles. The third-order valence-corrected chi connectivity index (χ3v) is 4.28. The van der Waals surface area contributed by atoms with E-state index in [1.165, 1.54) is 0 Å². The second kappa shape index (κ2) is 8.98. The first-order valence-corrected chi connectivity index (χ1v) is 8.13. The van der Waals surface area contributed by atoms with Crippen molar-refractivity contribution in [3.63, 3.8) is 0 Å². The molecule has 0 aliphatic heterocycles. The molecule has 1 aliphatic rings. The highest BCUT2D eigenvalue weighted by atomic mass is 16.4. The van der Waals surface area contributed by atoms with E-state index in [2.05, 4.69) is 13.8 Å². The number of hydrogen-bond donors (Lipinski definition) is 1. The van der Waals surface area contributed by atoms with Crippen molar-refractivity contribution >= 4 is 11.9 Å². The van der Waals surface area contributed by atoms with Gasteiger partial charge in [0.2, 0.25) is 5.91 Å². The molecule has 2 unspecified atom stereocenters. The number of carbonyl (C=O) groups is 2. The number of aliphatic carboxylic acids is 1. The van der Waals surface area contributed by atoms with Crippen LogP contribution in [0.25, 0.3) is 0 Å². The van der Waals surface area contributed by atoms with Crippen LogP contribution in [0, 0.1) is 11.8 Å². The molecule has 0 saturated heterocycles. The molecule has 1 N–H and O–H groups in total. The second-order valence-electron chi connectivity index (χ2n) is 5.87. The molecule has 1 saturated carbocycles. The number of carbonyl (C=O) groups excluding carboxylic acids is 1. The first-order chi connectivity index (χ1) is 9.61. The fraction of sp³-hybridized carbons (Fsp3) is 0.875. The van der Waals surface area contributed by atoms with Crippen molar-refractivity contribution in [3.8, 4) is 0 Å². The topological polar surface area (TPSA) is 57.6 Å². The molecule has 116 valence electrons. The molecule has 0 aromatic heterocycles. The predicted molar refractivity (Wildman–Crippen MR) is 79.5 cm³/mol. The summed E-state index contributed by atoms with van der Waals surface area (Å²) in [5.74, 6) is -1.48. The van der Waals surface area contributed by atoms with Crippen molar-refractivity contribution in [3.05, 3.63) is 0 Å². The molecule has 0 spiro atoms. The fourth-order valence-electron chi connectivity index (χ4n) is 2.99. The van der Waals surface area contributed by atoms with Gasteiger partial charge >= 0.3 is 5.97 Å². The largest absolute Gasteiger partial charge is 0.481 e. The Hall–Kier alpha value is -1.06. The van der Waals surface area contributed by atoms with Crippen LogP contribution in [-0.4, -0.2) is 35.0 Å². The van der Waals surface area contributed by atoms with Gasteiger partial charge in [0.05, 0.1) is 11.8 Å². The first kappa shape index (κ1) is 17.0. The van der Waals surface area contributed by atoms with Gasteiger partial charge in [0.1, 0.15) is 0 Å². The van der Waals surface area contributed by atoms with Gasteiger partial charge in [-0.25, -0.2) is 0 Å². The Kier molecular flexibility index (Phi) is 7.63. The van der Waals surface area contributed by atoms with Crippen LogP contribution in [0.4, 0.5) is 0 Å². The standard InChI is InChI=1S/C16H29NO3/c1-3-5-11-17(12-6-4-2)15(18)13-9-7-8-10-14(13)16(19)20/h13-14H,3-12H2,1-2H3,(H,19,20). The van der Waals surface area contributed by atoms with E-state index in [0.717, 1.165) is 58.0 Å². The molecular formula is C16H29NO3. The number of rotatable bonds is 8. The average Bonchev–Trinajstić information content (AvgIpc) is 2.46. The predicted octanol–water partition coefficient (Wildman–Crippen LogP) is 3.31. The van der Waals surface area contributed by atoms with Gasteiger partial charge in [-0.1, -0.05) is 39.5 Å². The maximum atomic E-state index is 12.7. The summed E-state index contributed by atoms with van der Waals surface area (Å²) < 4.78 is 0. The molecule has 1 fully saturated rings. The fourth-order valence-corrected chi connectivity index (χ4v) is 2.99. The molecule has 0 radical (unpaired) electrons. The normalized spacial score (nSPS) is 22.5. The molecule has 2 atom stereocenters. The molecule has 20 heavy (non-hydrogen) atoms. The number of carboxylic acid groups (broad SMARTS) is 1. The van der Waals surface area contributed by atoms with Gasteiger partial charge < -0.3 is 10.0 Å². The highest BCUT2D eigenvalue weighted by Gasteiger charge is 2.37. The third kappa shape index (κ3) is 4.80. The van der Waals surface area contributed by atoms with Crippen molar-refractivity contribution in [2.45, 2.75) is 65.2 Å². The minimum Gasteiger partial charge on any atom is -0.481 e. The van der Waals surface area contributed by atoms with Crippen molar-refractivity contribution in [1.29, 1.82) is 0 Å².